The molecule has 0 saturated carbocycles. The van der Waals surface area contributed by atoms with Gasteiger partial charge >= 0.3 is 0 Å². The first kappa shape index (κ1) is 21.2. The largest absolute Gasteiger partial charge is 0.489 e. The monoisotopic (exact) mass is 458 g/mol. The number of hydrogen-bond donors (Lipinski definition) is 2. The van der Waals surface area contributed by atoms with E-state index in [1.165, 1.54) is 5.56 Å². The number of rotatable bonds is 7. The van der Waals surface area contributed by atoms with Gasteiger partial charge in [-0.2, -0.15) is 0 Å². The molecule has 25 heavy (non-hydrogen) atoms. The average Bonchev–Trinajstić information content (AvgIpc) is 3.02. The Morgan fingerprint density at radius 1 is 1.36 bits per heavy atom. The fourth-order valence-electron chi connectivity index (χ4n) is 2.27. The lowest BCUT2D eigenvalue weighted by Crippen LogP contribution is -2.41. The number of nitrogens with zero attached hydrogens (tertiary/aromatic N) is 4. The third kappa shape index (κ3) is 6.89. The van der Waals surface area contributed by atoms with Crippen LogP contribution in [0.1, 0.15) is 25.2 Å². The number of guanidine groups is 1. The summed E-state index contributed by atoms with van der Waals surface area (Å²) in [4.78, 5) is 4.22. The molecule has 0 aliphatic heterocycles. The Morgan fingerprint density at radius 2 is 2.16 bits per heavy atom. The van der Waals surface area contributed by atoms with Crippen LogP contribution in [0.3, 0.4) is 0 Å². The lowest BCUT2D eigenvalue weighted by atomic mass is 10.2. The smallest absolute Gasteiger partial charge is 0.191 e. The molecule has 0 fully saturated rings. The Kier molecular flexibility index (Phi) is 9.25. The number of ether oxygens (including phenoxy) is 1. The highest BCUT2D eigenvalue weighted by molar-refractivity contribution is 14.0. The third-order valence-electron chi connectivity index (χ3n) is 3.56. The van der Waals surface area contributed by atoms with Crippen molar-refractivity contribution in [2.75, 3.05) is 13.6 Å². The predicted molar refractivity (Wildman–Crippen MR) is 111 cm³/mol. The number of benzene rings is 1. The van der Waals surface area contributed by atoms with E-state index < -0.39 is 0 Å². The molecule has 1 atom stereocenters. The first-order chi connectivity index (χ1) is 11.6. The maximum atomic E-state index is 5.91. The normalized spacial score (nSPS) is 12.2. The van der Waals surface area contributed by atoms with Gasteiger partial charge in [0.2, 0.25) is 0 Å². The number of aryl methyl sites for hydroxylation is 2. The second-order valence-electron chi connectivity index (χ2n) is 5.58. The highest BCUT2D eigenvalue weighted by Crippen LogP contribution is 2.13. The average molecular weight is 458 g/mol. The molecule has 7 nitrogen and oxygen atoms in total. The van der Waals surface area contributed by atoms with Gasteiger partial charge in [0.15, 0.2) is 11.8 Å². The molecule has 0 aliphatic rings. The molecule has 1 aromatic carbocycles. The van der Waals surface area contributed by atoms with Crippen molar-refractivity contribution < 1.29 is 4.74 Å². The van der Waals surface area contributed by atoms with E-state index in [-0.39, 0.29) is 30.1 Å². The molecule has 138 valence electrons. The molecule has 1 heterocycles. The number of aromatic nitrogens is 3. The Bertz CT molecular complexity index is 673. The van der Waals surface area contributed by atoms with Crippen molar-refractivity contribution in [3.05, 3.63) is 42.0 Å². The zero-order valence-electron chi connectivity index (χ0n) is 15.2. The van der Waals surface area contributed by atoms with Crippen molar-refractivity contribution in [1.82, 2.24) is 25.4 Å². The fourth-order valence-corrected chi connectivity index (χ4v) is 2.27. The molecular weight excluding hydrogens is 431 g/mol. The molecule has 0 amide bonds. The molecule has 2 aromatic rings. The predicted octanol–water partition coefficient (Wildman–Crippen LogP) is 2.36. The number of nitrogens with one attached hydrogen (secondary N) is 2. The molecule has 0 aliphatic carbocycles. The third-order valence-corrected chi connectivity index (χ3v) is 3.56. The van der Waals surface area contributed by atoms with Crippen molar-refractivity contribution in [3.63, 3.8) is 0 Å². The second kappa shape index (κ2) is 10.9. The van der Waals surface area contributed by atoms with Gasteiger partial charge in [-0.05, 0) is 38.5 Å². The standard InChI is InChI=1S/C17H26N6O.HI/c1-5-23-12-21-22-16(23)11-20-17(18-4)19-10-14(3)24-15-8-6-7-13(2)9-15;/h6-9,12,14H,5,10-11H2,1-4H3,(H2,18,19,20);1H. The van der Waals surface area contributed by atoms with Gasteiger partial charge in [0.25, 0.3) is 0 Å². The molecule has 2 N–H and O–H groups in total. The van der Waals surface area contributed by atoms with E-state index in [4.69, 9.17) is 4.74 Å². The van der Waals surface area contributed by atoms with Crippen molar-refractivity contribution in [3.8, 4) is 5.75 Å². The van der Waals surface area contributed by atoms with E-state index in [1.54, 1.807) is 13.4 Å². The van der Waals surface area contributed by atoms with Gasteiger partial charge < -0.3 is 19.9 Å². The quantitative estimate of drug-likeness (QED) is 0.379. The molecule has 0 bridgehead atoms. The molecule has 1 unspecified atom stereocenters. The summed E-state index contributed by atoms with van der Waals surface area (Å²) < 4.78 is 7.90. The molecular formula is C17H27IN6O. The molecule has 0 saturated heterocycles. The maximum Gasteiger partial charge on any atom is 0.191 e. The summed E-state index contributed by atoms with van der Waals surface area (Å²) in [5, 5.41) is 14.5. The van der Waals surface area contributed by atoms with Crippen LogP contribution in [0.2, 0.25) is 0 Å². The van der Waals surface area contributed by atoms with Crippen molar-refractivity contribution in [2.24, 2.45) is 4.99 Å². The minimum atomic E-state index is 0. The Balaban J connectivity index is 0.00000312. The van der Waals surface area contributed by atoms with Crippen LogP contribution in [0.5, 0.6) is 5.75 Å². The minimum Gasteiger partial charge on any atom is -0.489 e. The molecule has 2 rings (SSSR count). The van der Waals surface area contributed by atoms with E-state index in [9.17, 15) is 0 Å². The molecule has 1 aromatic heterocycles. The Labute approximate surface area is 166 Å². The summed E-state index contributed by atoms with van der Waals surface area (Å²) in [7, 11) is 1.74. The van der Waals surface area contributed by atoms with E-state index in [0.29, 0.717) is 19.0 Å². The summed E-state index contributed by atoms with van der Waals surface area (Å²) >= 11 is 0. The summed E-state index contributed by atoms with van der Waals surface area (Å²) in [6.07, 6.45) is 1.75. The summed E-state index contributed by atoms with van der Waals surface area (Å²) in [6.45, 7) is 8.20. The van der Waals surface area contributed by atoms with Crippen LogP contribution < -0.4 is 15.4 Å². The minimum absolute atomic E-state index is 0. The van der Waals surface area contributed by atoms with Gasteiger partial charge in [0.05, 0.1) is 13.1 Å². The summed E-state index contributed by atoms with van der Waals surface area (Å²) in [5.41, 5.74) is 1.19. The van der Waals surface area contributed by atoms with Gasteiger partial charge in [0, 0.05) is 13.6 Å². The zero-order valence-corrected chi connectivity index (χ0v) is 17.5. The van der Waals surface area contributed by atoms with E-state index in [1.807, 2.05) is 29.7 Å². The molecule has 0 spiro atoms. The van der Waals surface area contributed by atoms with Crippen molar-refractivity contribution in [1.29, 1.82) is 0 Å². The molecule has 8 heteroatoms. The van der Waals surface area contributed by atoms with E-state index in [2.05, 4.69) is 45.7 Å². The van der Waals surface area contributed by atoms with Crippen LogP contribution in [0.15, 0.2) is 35.6 Å². The maximum absolute atomic E-state index is 5.91. The van der Waals surface area contributed by atoms with Crippen LogP contribution in [0.25, 0.3) is 0 Å². The SMILES string of the molecule is CCn1cnnc1CNC(=NC)NCC(C)Oc1cccc(C)c1.I. The van der Waals surface area contributed by atoms with Crippen LogP contribution in [0.4, 0.5) is 0 Å². The lowest BCUT2D eigenvalue weighted by molar-refractivity contribution is 0.223. The van der Waals surface area contributed by atoms with Gasteiger partial charge in [-0.25, -0.2) is 0 Å². The highest BCUT2D eigenvalue weighted by Gasteiger charge is 2.07. The Morgan fingerprint density at radius 3 is 2.84 bits per heavy atom. The van der Waals surface area contributed by atoms with Crippen molar-refractivity contribution >= 4 is 29.9 Å². The van der Waals surface area contributed by atoms with Crippen LogP contribution in [-0.2, 0) is 13.1 Å². The second-order valence-corrected chi connectivity index (χ2v) is 5.58. The number of halogens is 1. The van der Waals surface area contributed by atoms with Crippen LogP contribution >= 0.6 is 24.0 Å². The highest BCUT2D eigenvalue weighted by atomic mass is 127. The van der Waals surface area contributed by atoms with Gasteiger partial charge in [-0.1, -0.05) is 12.1 Å². The van der Waals surface area contributed by atoms with E-state index >= 15 is 0 Å². The number of hydrogen-bond acceptors (Lipinski definition) is 4. The van der Waals surface area contributed by atoms with Crippen molar-refractivity contribution in [2.45, 2.75) is 40.0 Å². The van der Waals surface area contributed by atoms with E-state index in [0.717, 1.165) is 18.1 Å². The first-order valence-corrected chi connectivity index (χ1v) is 8.17. The van der Waals surface area contributed by atoms with Gasteiger partial charge in [-0.3, -0.25) is 4.99 Å². The van der Waals surface area contributed by atoms with Gasteiger partial charge in [-0.15, -0.1) is 34.2 Å². The van der Waals surface area contributed by atoms with Crippen LogP contribution in [-0.4, -0.2) is 40.4 Å². The van der Waals surface area contributed by atoms with Gasteiger partial charge in [0.1, 0.15) is 18.2 Å². The fraction of sp³-hybridized carbons (Fsp3) is 0.471. The zero-order chi connectivity index (χ0) is 17.4. The lowest BCUT2D eigenvalue weighted by Gasteiger charge is -2.18. The topological polar surface area (TPSA) is 76.4 Å². The summed E-state index contributed by atoms with van der Waals surface area (Å²) in [6, 6.07) is 8.04. The van der Waals surface area contributed by atoms with Crippen LogP contribution in [0, 0.1) is 6.92 Å². The first-order valence-electron chi connectivity index (χ1n) is 8.17. The molecule has 0 radical (unpaired) electrons. The Hall–Kier alpha value is -1.84. The number of aliphatic imine (C=N–C) groups is 1. The summed E-state index contributed by atoms with van der Waals surface area (Å²) in [5.74, 6) is 2.47.